The maximum absolute atomic E-state index is 13.6. The van der Waals surface area contributed by atoms with Gasteiger partial charge < -0.3 is 48.3 Å². The molecule has 1 unspecified atom stereocenters. The summed E-state index contributed by atoms with van der Waals surface area (Å²) >= 11 is 0. The van der Waals surface area contributed by atoms with Gasteiger partial charge in [-0.15, -0.1) is 0 Å². The van der Waals surface area contributed by atoms with E-state index < -0.39 is 84.6 Å². The molecular weight excluding hydrogens is 614 g/mol. The Morgan fingerprint density at radius 3 is 1.87 bits per heavy atom. The lowest BCUT2D eigenvalue weighted by molar-refractivity contribution is -0.144. The largest absolute Gasteiger partial charge is 0.480 e. The van der Waals surface area contributed by atoms with Gasteiger partial charge >= 0.3 is 5.97 Å². The molecule has 268 valence electrons. The molecule has 5 atom stereocenters. The average Bonchev–Trinajstić information content (AvgIpc) is 3.51. The molecule has 6 amide bonds. The van der Waals surface area contributed by atoms with Crippen molar-refractivity contribution in [2.75, 3.05) is 13.2 Å². The molecule has 0 aromatic heterocycles. The molecule has 1 aliphatic heterocycles. The van der Waals surface area contributed by atoms with Gasteiger partial charge in [-0.1, -0.05) is 71.1 Å². The molecule has 1 saturated heterocycles. The van der Waals surface area contributed by atoms with Gasteiger partial charge in [0, 0.05) is 13.0 Å². The van der Waals surface area contributed by atoms with E-state index in [0.29, 0.717) is 12.8 Å². The zero-order valence-electron chi connectivity index (χ0n) is 27.5. The maximum atomic E-state index is 13.6. The fraction of sp³-hybridized carbons (Fsp3) is 0.774. The van der Waals surface area contributed by atoms with Crippen molar-refractivity contribution >= 4 is 41.4 Å². The Balaban J connectivity index is 2.82. The highest BCUT2D eigenvalue weighted by Crippen LogP contribution is 2.20. The van der Waals surface area contributed by atoms with Crippen molar-refractivity contribution in [3.05, 3.63) is 0 Å². The van der Waals surface area contributed by atoms with Crippen LogP contribution in [0.25, 0.3) is 0 Å². The van der Waals surface area contributed by atoms with Gasteiger partial charge in [0.25, 0.3) is 0 Å². The Morgan fingerprint density at radius 2 is 1.34 bits per heavy atom. The summed E-state index contributed by atoms with van der Waals surface area (Å²) in [5.74, 6) is -6.30. The zero-order chi connectivity index (χ0) is 35.4. The van der Waals surface area contributed by atoms with Crippen LogP contribution in [0.1, 0.15) is 110 Å². The molecule has 0 radical (unpaired) electrons. The lowest BCUT2D eigenvalue weighted by atomic mass is 10.0. The van der Waals surface area contributed by atoms with Crippen LogP contribution in [0.3, 0.4) is 0 Å². The third-order valence-corrected chi connectivity index (χ3v) is 8.17. The number of likely N-dealkylation sites (tertiary alicyclic amines) is 1. The van der Waals surface area contributed by atoms with E-state index in [9.17, 15) is 38.7 Å². The van der Waals surface area contributed by atoms with Crippen molar-refractivity contribution in [3.8, 4) is 0 Å². The number of carbonyl (C=O) groups excluding carboxylic acids is 6. The number of aliphatic hydroxyl groups is 1. The van der Waals surface area contributed by atoms with Crippen LogP contribution < -0.4 is 33.2 Å². The van der Waals surface area contributed by atoms with Crippen molar-refractivity contribution in [2.45, 2.75) is 140 Å². The smallest absolute Gasteiger partial charge is 0.328 e. The zero-order valence-corrected chi connectivity index (χ0v) is 27.5. The Labute approximate surface area is 276 Å². The number of carboxylic acid groups (broad SMARTS) is 1. The molecule has 0 saturated carbocycles. The number of amides is 6. The number of aliphatic hydroxyl groups excluding tert-OH is 1. The van der Waals surface area contributed by atoms with Crippen LogP contribution in [-0.2, 0) is 33.6 Å². The number of aliphatic carboxylic acids is 1. The van der Waals surface area contributed by atoms with Gasteiger partial charge in [-0.2, -0.15) is 0 Å². The lowest BCUT2D eigenvalue weighted by Gasteiger charge is -2.30. The van der Waals surface area contributed by atoms with Crippen molar-refractivity contribution in [2.24, 2.45) is 17.2 Å². The fourth-order valence-electron chi connectivity index (χ4n) is 5.44. The van der Waals surface area contributed by atoms with Gasteiger partial charge in [0.2, 0.25) is 35.4 Å². The first kappa shape index (κ1) is 41.2. The van der Waals surface area contributed by atoms with E-state index in [1.807, 2.05) is 5.32 Å². The predicted molar refractivity (Wildman–Crippen MR) is 172 cm³/mol. The second-order valence-electron chi connectivity index (χ2n) is 12.1. The summed E-state index contributed by atoms with van der Waals surface area (Å²) in [7, 11) is 0. The van der Waals surface area contributed by atoms with E-state index in [-0.39, 0.29) is 25.8 Å². The molecule has 1 aliphatic rings. The van der Waals surface area contributed by atoms with Crippen molar-refractivity contribution in [1.29, 1.82) is 0 Å². The first-order valence-corrected chi connectivity index (χ1v) is 16.7. The number of nitrogens with one attached hydrogen (secondary N) is 3. The summed E-state index contributed by atoms with van der Waals surface area (Å²) in [6.45, 7) is 1.38. The van der Waals surface area contributed by atoms with Crippen LogP contribution in [0.15, 0.2) is 0 Å². The van der Waals surface area contributed by atoms with Crippen molar-refractivity contribution < 1.29 is 43.8 Å². The molecule has 1 heterocycles. The molecule has 16 heteroatoms. The van der Waals surface area contributed by atoms with Crippen LogP contribution >= 0.6 is 0 Å². The molecule has 16 nitrogen and oxygen atoms in total. The van der Waals surface area contributed by atoms with Crippen molar-refractivity contribution in [1.82, 2.24) is 20.9 Å². The number of hydrogen-bond acceptors (Lipinski definition) is 9. The molecule has 0 aromatic carbocycles. The van der Waals surface area contributed by atoms with E-state index in [2.05, 4.69) is 17.6 Å². The SMILES string of the molecule is CCCCCCCCCCCCC(N)C(=O)N[C@@H](CCC(N)=O)C(=O)N1CCC[C@H]1C(=O)N[C@H](CC(N)=O)C(=O)N[C@@H](CO)C(=O)O. The van der Waals surface area contributed by atoms with E-state index >= 15 is 0 Å². The fourth-order valence-corrected chi connectivity index (χ4v) is 5.44. The first-order valence-electron chi connectivity index (χ1n) is 16.7. The number of carbonyl (C=O) groups is 7. The Morgan fingerprint density at radius 1 is 0.766 bits per heavy atom. The number of unbranched alkanes of at least 4 members (excludes halogenated alkanes) is 9. The Bertz CT molecular complexity index is 1060. The van der Waals surface area contributed by atoms with E-state index in [1.165, 1.54) is 43.4 Å². The number of hydrogen-bond donors (Lipinski definition) is 8. The Hall–Kier alpha value is -3.79. The van der Waals surface area contributed by atoms with Gasteiger partial charge in [-0.05, 0) is 25.7 Å². The highest BCUT2D eigenvalue weighted by molar-refractivity contribution is 5.97. The summed E-state index contributed by atoms with van der Waals surface area (Å²) < 4.78 is 0. The van der Waals surface area contributed by atoms with Gasteiger partial charge in [0.05, 0.1) is 19.1 Å². The molecule has 1 rings (SSSR count). The third-order valence-electron chi connectivity index (χ3n) is 8.17. The van der Waals surface area contributed by atoms with E-state index in [1.54, 1.807) is 0 Å². The van der Waals surface area contributed by atoms with Crippen LogP contribution in [0.5, 0.6) is 0 Å². The molecule has 47 heavy (non-hydrogen) atoms. The normalized spacial score (nSPS) is 16.8. The standard InChI is InChI=1S/C31H55N7O9/c1-2-3-4-5-6-7-8-9-10-11-13-20(32)27(42)35-21(15-16-25(33)40)30(45)38-17-12-14-24(38)29(44)36-22(18-26(34)41)28(43)37-23(19-39)31(46)47/h20-24,39H,2-19,32H2,1H3,(H2,33,40)(H2,34,41)(H,35,42)(H,36,44)(H,37,43)(H,46,47)/t20?,21-,22+,23-,24-/m0/s1. The first-order chi connectivity index (χ1) is 22.3. The number of nitrogens with zero attached hydrogens (tertiary/aromatic N) is 1. The summed E-state index contributed by atoms with van der Waals surface area (Å²) in [6.07, 6.45) is 11.2. The van der Waals surface area contributed by atoms with Gasteiger partial charge in [-0.25, -0.2) is 4.79 Å². The second-order valence-corrected chi connectivity index (χ2v) is 12.1. The molecule has 0 bridgehead atoms. The van der Waals surface area contributed by atoms with E-state index in [0.717, 1.165) is 25.7 Å². The van der Waals surface area contributed by atoms with Gasteiger partial charge in [0.15, 0.2) is 0 Å². The Kier molecular flexibility index (Phi) is 19.9. The predicted octanol–water partition coefficient (Wildman–Crippen LogP) is -0.712. The molecule has 1 fully saturated rings. The van der Waals surface area contributed by atoms with Gasteiger partial charge in [0.1, 0.15) is 24.2 Å². The average molecular weight is 670 g/mol. The topological polar surface area (TPSA) is 277 Å². The quantitative estimate of drug-likeness (QED) is 0.0565. The molecular formula is C31H55N7O9. The summed E-state index contributed by atoms with van der Waals surface area (Å²) in [5.41, 5.74) is 16.6. The lowest BCUT2D eigenvalue weighted by Crippen LogP contribution is -2.58. The highest BCUT2D eigenvalue weighted by atomic mass is 16.4. The monoisotopic (exact) mass is 669 g/mol. The third kappa shape index (κ3) is 16.0. The minimum Gasteiger partial charge on any atom is -0.480 e. The minimum absolute atomic E-state index is 0.125. The number of carboxylic acids is 1. The summed E-state index contributed by atoms with van der Waals surface area (Å²) in [4.78, 5) is 88.0. The van der Waals surface area contributed by atoms with Gasteiger partial charge in [-0.3, -0.25) is 28.8 Å². The maximum Gasteiger partial charge on any atom is 0.328 e. The number of primary amides is 2. The second kappa shape index (κ2) is 22.7. The molecule has 0 aromatic rings. The van der Waals surface area contributed by atoms with E-state index in [4.69, 9.17) is 22.3 Å². The minimum atomic E-state index is -1.69. The van der Waals surface area contributed by atoms with Crippen LogP contribution in [-0.4, -0.2) is 99.9 Å². The molecule has 0 aliphatic carbocycles. The summed E-state index contributed by atoms with van der Waals surface area (Å²) in [5, 5.41) is 25.3. The number of rotatable bonds is 25. The summed E-state index contributed by atoms with van der Waals surface area (Å²) in [6, 6.07) is -6.46. The van der Waals surface area contributed by atoms with Crippen LogP contribution in [0.2, 0.25) is 0 Å². The highest BCUT2D eigenvalue weighted by Gasteiger charge is 2.39. The molecule has 0 spiro atoms. The number of nitrogens with two attached hydrogens (primary N) is 3. The van der Waals surface area contributed by atoms with Crippen molar-refractivity contribution in [3.63, 3.8) is 0 Å². The van der Waals surface area contributed by atoms with Crippen LogP contribution in [0, 0.1) is 0 Å². The molecule has 11 N–H and O–H groups in total. The van der Waals surface area contributed by atoms with Crippen LogP contribution in [0.4, 0.5) is 0 Å².